The summed E-state index contributed by atoms with van der Waals surface area (Å²) in [6, 6.07) is 2.40. The number of nitro benzene ring substituents is 1. The lowest BCUT2D eigenvalue weighted by Crippen LogP contribution is -2.29. The minimum Gasteiger partial charge on any atom is -0.338 e. The molecule has 0 aliphatic carbocycles. The van der Waals surface area contributed by atoms with Gasteiger partial charge in [-0.2, -0.15) is 0 Å². The highest BCUT2D eigenvalue weighted by atomic mass is 19.1. The van der Waals surface area contributed by atoms with Crippen LogP contribution in [-0.2, 0) is 0 Å². The lowest BCUT2D eigenvalue weighted by molar-refractivity contribution is -0.385. The Morgan fingerprint density at radius 2 is 2.17 bits per heavy atom. The van der Waals surface area contributed by atoms with Crippen molar-refractivity contribution in [3.05, 3.63) is 34.1 Å². The van der Waals surface area contributed by atoms with Crippen LogP contribution < -0.4 is 10.6 Å². The van der Waals surface area contributed by atoms with Gasteiger partial charge in [0.1, 0.15) is 5.82 Å². The minimum absolute atomic E-state index is 0.0516. The number of unbranched alkanes of at least 4 members (excludes halogenated alkanes) is 1. The lowest BCUT2D eigenvalue weighted by Gasteiger charge is -2.07. The van der Waals surface area contributed by atoms with Crippen molar-refractivity contribution in [2.24, 2.45) is 0 Å². The summed E-state index contributed by atoms with van der Waals surface area (Å²) in [5.74, 6) is -0.770. The second kappa shape index (κ2) is 6.53. The van der Waals surface area contributed by atoms with E-state index in [1.54, 1.807) is 0 Å². The molecule has 0 heterocycles. The number of anilines is 1. The van der Waals surface area contributed by atoms with Crippen molar-refractivity contribution in [1.82, 2.24) is 5.32 Å². The zero-order valence-corrected chi connectivity index (χ0v) is 9.90. The molecule has 7 heteroatoms. The van der Waals surface area contributed by atoms with E-state index < -0.39 is 22.5 Å². The van der Waals surface area contributed by atoms with Crippen molar-refractivity contribution in [1.29, 1.82) is 0 Å². The summed E-state index contributed by atoms with van der Waals surface area (Å²) in [6.45, 7) is 2.48. The zero-order valence-electron chi connectivity index (χ0n) is 9.90. The van der Waals surface area contributed by atoms with Gasteiger partial charge in [-0.1, -0.05) is 13.3 Å². The van der Waals surface area contributed by atoms with Gasteiger partial charge in [-0.25, -0.2) is 9.18 Å². The molecule has 0 aromatic heterocycles. The number of carbonyl (C=O) groups is 1. The van der Waals surface area contributed by atoms with E-state index in [1.165, 1.54) is 0 Å². The van der Waals surface area contributed by atoms with Crippen molar-refractivity contribution >= 4 is 17.4 Å². The van der Waals surface area contributed by atoms with Gasteiger partial charge in [-0.3, -0.25) is 10.1 Å². The van der Waals surface area contributed by atoms with Crippen LogP contribution in [0, 0.1) is 15.9 Å². The predicted octanol–water partition coefficient (Wildman–Crippen LogP) is 2.66. The smallest absolute Gasteiger partial charge is 0.319 e. The van der Waals surface area contributed by atoms with Crippen LogP contribution in [0.1, 0.15) is 19.8 Å². The molecular weight excluding hydrogens is 241 g/mol. The van der Waals surface area contributed by atoms with E-state index in [2.05, 4.69) is 10.6 Å². The third-order valence-corrected chi connectivity index (χ3v) is 2.17. The van der Waals surface area contributed by atoms with Gasteiger partial charge >= 0.3 is 6.03 Å². The van der Waals surface area contributed by atoms with E-state index >= 15 is 0 Å². The Morgan fingerprint density at radius 1 is 1.44 bits per heavy atom. The molecule has 0 aliphatic heterocycles. The van der Waals surface area contributed by atoms with Gasteiger partial charge in [0, 0.05) is 12.6 Å². The van der Waals surface area contributed by atoms with E-state index in [9.17, 15) is 19.3 Å². The number of nitrogens with one attached hydrogen (secondary N) is 2. The molecule has 2 amide bonds. The minimum atomic E-state index is -0.770. The topological polar surface area (TPSA) is 84.3 Å². The predicted molar refractivity (Wildman–Crippen MR) is 65.0 cm³/mol. The summed E-state index contributed by atoms with van der Waals surface area (Å²) >= 11 is 0. The maximum Gasteiger partial charge on any atom is 0.319 e. The van der Waals surface area contributed by atoms with Crippen LogP contribution in [0.15, 0.2) is 18.2 Å². The number of halogens is 1. The first kappa shape index (κ1) is 13.9. The molecule has 0 fully saturated rings. The van der Waals surface area contributed by atoms with Gasteiger partial charge in [0.15, 0.2) is 0 Å². The van der Waals surface area contributed by atoms with E-state index in [1.807, 2.05) is 6.92 Å². The van der Waals surface area contributed by atoms with Gasteiger partial charge in [-0.05, 0) is 12.5 Å². The molecule has 0 saturated heterocycles. The molecule has 1 aromatic rings. The summed E-state index contributed by atoms with van der Waals surface area (Å²) in [5, 5.41) is 15.4. The fourth-order valence-electron chi connectivity index (χ4n) is 1.31. The van der Waals surface area contributed by atoms with E-state index in [4.69, 9.17) is 0 Å². The van der Waals surface area contributed by atoms with Gasteiger partial charge in [0.2, 0.25) is 0 Å². The first-order valence-electron chi connectivity index (χ1n) is 5.52. The molecule has 0 aliphatic rings. The fourth-order valence-corrected chi connectivity index (χ4v) is 1.31. The number of hydrogen-bond acceptors (Lipinski definition) is 3. The molecule has 0 saturated carbocycles. The molecule has 1 aromatic carbocycles. The molecule has 0 spiro atoms. The summed E-state index contributed by atoms with van der Waals surface area (Å²) in [6.07, 6.45) is 1.77. The zero-order chi connectivity index (χ0) is 13.5. The monoisotopic (exact) mass is 255 g/mol. The Bertz CT molecular complexity index is 451. The third-order valence-electron chi connectivity index (χ3n) is 2.17. The molecule has 6 nitrogen and oxygen atoms in total. The number of hydrogen-bond donors (Lipinski definition) is 2. The lowest BCUT2D eigenvalue weighted by atomic mass is 10.2. The summed E-state index contributed by atoms with van der Waals surface area (Å²) in [5.41, 5.74) is -0.352. The number of amides is 2. The molecule has 0 radical (unpaired) electrons. The van der Waals surface area contributed by atoms with Crippen LogP contribution in [0.3, 0.4) is 0 Å². The van der Waals surface area contributed by atoms with Crippen molar-refractivity contribution < 1.29 is 14.1 Å². The average molecular weight is 255 g/mol. The molecule has 98 valence electrons. The number of nitrogens with zero attached hydrogens (tertiary/aromatic N) is 1. The molecule has 2 N–H and O–H groups in total. The fraction of sp³-hybridized carbons (Fsp3) is 0.364. The van der Waals surface area contributed by atoms with Crippen LogP contribution >= 0.6 is 0 Å². The molecule has 18 heavy (non-hydrogen) atoms. The van der Waals surface area contributed by atoms with E-state index in [-0.39, 0.29) is 5.69 Å². The summed E-state index contributed by atoms with van der Waals surface area (Å²) in [7, 11) is 0. The van der Waals surface area contributed by atoms with Crippen LogP contribution in [0.4, 0.5) is 20.6 Å². The number of non-ortho nitro benzene ring substituents is 1. The number of urea groups is 1. The normalized spacial score (nSPS) is 9.89. The van der Waals surface area contributed by atoms with Gasteiger partial charge in [-0.15, -0.1) is 0 Å². The highest BCUT2D eigenvalue weighted by molar-refractivity contribution is 5.89. The number of rotatable bonds is 5. The van der Waals surface area contributed by atoms with Crippen molar-refractivity contribution in [3.63, 3.8) is 0 Å². The number of carbonyl (C=O) groups excluding carboxylic acids is 1. The maximum absolute atomic E-state index is 13.1. The molecule has 0 unspecified atom stereocenters. The number of nitro groups is 1. The summed E-state index contributed by atoms with van der Waals surface area (Å²) < 4.78 is 13.1. The Morgan fingerprint density at radius 3 is 2.78 bits per heavy atom. The largest absolute Gasteiger partial charge is 0.338 e. The van der Waals surface area contributed by atoms with E-state index in [0.717, 1.165) is 31.0 Å². The van der Waals surface area contributed by atoms with Crippen molar-refractivity contribution in [2.45, 2.75) is 19.8 Å². The van der Waals surface area contributed by atoms with Gasteiger partial charge < -0.3 is 10.6 Å². The number of benzene rings is 1. The second-order valence-electron chi connectivity index (χ2n) is 3.69. The highest BCUT2D eigenvalue weighted by Crippen LogP contribution is 2.19. The molecule has 0 bridgehead atoms. The Labute approximate surface area is 103 Å². The van der Waals surface area contributed by atoms with E-state index in [0.29, 0.717) is 6.54 Å². The highest BCUT2D eigenvalue weighted by Gasteiger charge is 2.11. The first-order chi connectivity index (χ1) is 8.52. The Kier molecular flexibility index (Phi) is 5.04. The average Bonchev–Trinajstić information content (AvgIpc) is 2.28. The quantitative estimate of drug-likeness (QED) is 0.482. The van der Waals surface area contributed by atoms with Crippen LogP contribution in [0.2, 0.25) is 0 Å². The van der Waals surface area contributed by atoms with Gasteiger partial charge in [0.05, 0.1) is 16.7 Å². The molecular formula is C11H14FN3O3. The molecule has 1 rings (SSSR count). The Hall–Kier alpha value is -2.18. The maximum atomic E-state index is 13.1. The second-order valence-corrected chi connectivity index (χ2v) is 3.69. The SMILES string of the molecule is CCCCNC(=O)Nc1cc(F)cc([N+](=O)[O-])c1. The first-order valence-corrected chi connectivity index (χ1v) is 5.52. The van der Waals surface area contributed by atoms with Crippen molar-refractivity contribution in [2.75, 3.05) is 11.9 Å². The van der Waals surface area contributed by atoms with Crippen LogP contribution in [-0.4, -0.2) is 17.5 Å². The third kappa shape index (κ3) is 4.36. The summed E-state index contributed by atoms with van der Waals surface area (Å²) in [4.78, 5) is 21.2. The van der Waals surface area contributed by atoms with Crippen LogP contribution in [0.25, 0.3) is 0 Å². The van der Waals surface area contributed by atoms with Crippen LogP contribution in [0.5, 0.6) is 0 Å². The Balaban J connectivity index is 2.66. The van der Waals surface area contributed by atoms with Gasteiger partial charge in [0.25, 0.3) is 5.69 Å². The van der Waals surface area contributed by atoms with Crippen molar-refractivity contribution in [3.8, 4) is 0 Å². The molecule has 0 atom stereocenters. The standard InChI is InChI=1S/C11H14FN3O3/c1-2-3-4-13-11(16)14-9-5-8(12)6-10(7-9)15(17)18/h5-7H,2-4H2,1H3,(H2,13,14,16).